The normalized spacial score (nSPS) is 12.6. The van der Waals surface area contributed by atoms with Gasteiger partial charge in [-0.3, -0.25) is 33.3 Å². The first-order chi connectivity index (χ1) is 38.8. The molecule has 0 aromatic rings. The van der Waals surface area contributed by atoms with E-state index in [9.17, 15) is 46.8 Å². The van der Waals surface area contributed by atoms with Crippen LogP contribution in [0.25, 0.3) is 0 Å². The van der Waals surface area contributed by atoms with E-state index in [0.717, 1.165) is 89.9 Å². The predicted octanol–water partition coefficient (Wildman–Crippen LogP) is 13.0. The van der Waals surface area contributed by atoms with Gasteiger partial charge in [0.2, 0.25) is 0 Å². The molecular weight excluding hydrogens is 1080 g/mol. The molecule has 3 N–H and O–H groups in total. The van der Waals surface area contributed by atoms with E-state index >= 15 is 0 Å². The minimum Gasteiger partial charge on any atom is -1.00 e. The number of hydrogen-bond donors (Lipinski definition) is 3. The molecule has 0 heterocycles. The van der Waals surface area contributed by atoms with Gasteiger partial charge in [-0.2, -0.15) is 8.42 Å². The van der Waals surface area contributed by atoms with E-state index in [0.29, 0.717) is 19.3 Å². The maximum absolute atomic E-state index is 12.2. The number of rotatable bonds is 53. The second-order valence-electron chi connectivity index (χ2n) is 22.1. The van der Waals surface area contributed by atoms with Crippen molar-refractivity contribution >= 4 is 45.9 Å². The third-order valence-corrected chi connectivity index (χ3v) is 15.0. The fourth-order valence-corrected chi connectivity index (χ4v) is 9.25. The van der Waals surface area contributed by atoms with Crippen molar-refractivity contribution in [1.82, 2.24) is 0 Å². The van der Waals surface area contributed by atoms with Gasteiger partial charge in [0.05, 0.1) is 32.3 Å². The van der Waals surface area contributed by atoms with E-state index in [1.54, 1.807) is 0 Å². The summed E-state index contributed by atoms with van der Waals surface area (Å²) in [4.78, 5) is 69.5. The Hall–Kier alpha value is -2.57. The smallest absolute Gasteiger partial charge is 1.00 e. The van der Waals surface area contributed by atoms with E-state index in [1.807, 2.05) is 27.7 Å². The molecule has 0 saturated heterocycles. The third kappa shape index (κ3) is 62.0. The molecule has 0 rings (SSSR count). The zero-order valence-corrected chi connectivity index (χ0v) is 56.3. The Bertz CT molecular complexity index is 1670. The maximum Gasteiger partial charge on any atom is 1.00 e. The van der Waals surface area contributed by atoms with Crippen LogP contribution in [0.3, 0.4) is 0 Å². The molecule has 0 radical (unpaired) electrons. The summed E-state index contributed by atoms with van der Waals surface area (Å²) in [5.41, 5.74) is 0. The van der Waals surface area contributed by atoms with Crippen LogP contribution < -0.4 is 29.6 Å². The third-order valence-electron chi connectivity index (χ3n) is 14.0. The number of aliphatic hydroxyl groups excluding tert-OH is 1. The van der Waals surface area contributed by atoms with Crippen LogP contribution >= 0.6 is 0 Å². The van der Waals surface area contributed by atoms with Gasteiger partial charge in [0, 0.05) is 25.7 Å². The molecule has 4 unspecified atom stereocenters. The average Bonchev–Trinajstić information content (AvgIpc) is 3.43. The molecule has 0 aliphatic heterocycles. The quantitative estimate of drug-likeness (QED) is 0.0128. The number of carboxylic acids is 1. The van der Waals surface area contributed by atoms with Crippen molar-refractivity contribution in [2.45, 2.75) is 323 Å². The molecule has 16 nitrogen and oxygen atoms in total. The van der Waals surface area contributed by atoms with Crippen LogP contribution in [0.1, 0.15) is 307 Å². The minimum atomic E-state index is -4.76. The summed E-state index contributed by atoms with van der Waals surface area (Å²) < 4.78 is 58.0. The number of carbonyl (C=O) groups excluding carboxylic acids is 5. The fraction of sp³-hybridized carbons (Fsp3) is 0.875. The zero-order chi connectivity index (χ0) is 61.2. The number of allylic oxidation sites excluding steroid dienone is 2. The van der Waals surface area contributed by atoms with Crippen molar-refractivity contribution in [2.24, 2.45) is 11.8 Å². The van der Waals surface area contributed by atoms with E-state index in [2.05, 4.69) is 39.8 Å². The molecule has 0 aliphatic carbocycles. The van der Waals surface area contributed by atoms with Crippen LogP contribution in [0.15, 0.2) is 12.2 Å². The number of aliphatic carboxylic acids is 1. The van der Waals surface area contributed by atoms with E-state index in [4.69, 9.17) is 28.8 Å². The number of aliphatic hydroxyl groups is 1. The largest absolute Gasteiger partial charge is 1.00 e. The summed E-state index contributed by atoms with van der Waals surface area (Å²) in [6, 6.07) is 0. The van der Waals surface area contributed by atoms with Crippen LogP contribution in [0.5, 0.6) is 0 Å². The Kier molecular flexibility index (Phi) is 65.9. The maximum atomic E-state index is 12.2. The molecule has 0 fully saturated rings. The molecular formula is C64H121NaO16S. The molecule has 0 bridgehead atoms. The first-order valence-corrected chi connectivity index (χ1v) is 33.7. The van der Waals surface area contributed by atoms with E-state index < -0.39 is 64.3 Å². The van der Waals surface area contributed by atoms with Crippen molar-refractivity contribution in [3.8, 4) is 0 Å². The Morgan fingerprint density at radius 2 is 0.829 bits per heavy atom. The molecule has 0 aromatic carbocycles. The molecule has 0 saturated carbocycles. The Morgan fingerprint density at radius 3 is 1.23 bits per heavy atom. The number of esters is 5. The summed E-state index contributed by atoms with van der Waals surface area (Å²) in [7, 11) is -4.76. The summed E-state index contributed by atoms with van der Waals surface area (Å²) in [6.07, 6.45) is 42.2. The number of ether oxygens (including phenoxy) is 5. The molecule has 0 amide bonds. The van der Waals surface area contributed by atoms with Gasteiger partial charge in [-0.1, -0.05) is 208 Å². The van der Waals surface area contributed by atoms with Crippen molar-refractivity contribution in [1.29, 1.82) is 0 Å². The van der Waals surface area contributed by atoms with Gasteiger partial charge >= 0.3 is 65.4 Å². The summed E-state index contributed by atoms with van der Waals surface area (Å²) >= 11 is 0. The minimum absolute atomic E-state index is 0. The van der Waals surface area contributed by atoms with Crippen LogP contribution in [-0.4, -0.2) is 103 Å². The standard InChI is InChI=1S/C27H48O7.C20H38O7S.C17H34O2.Na.H/c1-2-3-4-5-6-7-8-9-10-11-12-13-14-15-16-21-27(32)34-24(22-28)23-33-26(31)20-18-17-19-25(29)30;1-5-9-11-16(7-3)14-26-19(21)13-18(28(23,24)25)20(22)27-15-17(8-4)12-10-6-2;1-4-5-6-7-8-9-10-11-12-13-14-15-17(18)19-16(2)3;;/h9-10,24,28H,2-8,11-23H2,1H3,(H,29,30);16-18H,5-15H2,1-4H3,(H,23,24,25);16H,4-15H2,1-3H3;;/q;;;+1;-1/b10-9-;;;;. The molecule has 0 aromatic heterocycles. The molecule has 0 spiro atoms. The van der Waals surface area contributed by atoms with Gasteiger partial charge in [0.15, 0.2) is 11.4 Å². The first-order valence-electron chi connectivity index (χ1n) is 32.2. The van der Waals surface area contributed by atoms with Gasteiger partial charge in [0.25, 0.3) is 10.1 Å². The second kappa shape index (κ2) is 62.9. The molecule has 82 heavy (non-hydrogen) atoms. The number of carbonyl (C=O) groups is 6. The summed E-state index contributed by atoms with van der Waals surface area (Å²) in [6.45, 7) is 16.1. The fourth-order valence-electron chi connectivity index (χ4n) is 8.59. The van der Waals surface area contributed by atoms with Gasteiger partial charge < -0.3 is 35.3 Å². The average molecular weight is 1200 g/mol. The van der Waals surface area contributed by atoms with Crippen LogP contribution in [0.4, 0.5) is 0 Å². The Morgan fingerprint density at radius 1 is 0.463 bits per heavy atom. The molecule has 18 heteroatoms. The molecule has 480 valence electrons. The predicted molar refractivity (Wildman–Crippen MR) is 325 cm³/mol. The van der Waals surface area contributed by atoms with E-state index in [-0.39, 0.29) is 94.0 Å². The van der Waals surface area contributed by atoms with E-state index in [1.165, 1.54) is 116 Å². The van der Waals surface area contributed by atoms with Crippen LogP contribution in [0, 0.1) is 11.8 Å². The number of hydrogen-bond acceptors (Lipinski definition) is 14. The SMILES string of the molecule is CCCCC(CC)COC(=O)CC(C(=O)OCC(CC)CCCC)S(=O)(=O)O.CCCCCCCC/C=C\CCCCCCCC(=O)OC(CO)COC(=O)CCCCC(=O)O.CCCCCCCCCCCCCC(=O)OC(C)C.[H-].[Na+]. The number of carboxylic acid groups (broad SMARTS) is 1. The first kappa shape index (κ1) is 85.9. The van der Waals surface area contributed by atoms with Crippen LogP contribution in [0.2, 0.25) is 0 Å². The summed E-state index contributed by atoms with van der Waals surface area (Å²) in [5, 5.41) is 15.9. The van der Waals surface area contributed by atoms with Crippen molar-refractivity contribution in [3.05, 3.63) is 12.2 Å². The van der Waals surface area contributed by atoms with Crippen LogP contribution in [-0.2, 0) is 62.6 Å². The topological polar surface area (TPSA) is 243 Å². The van der Waals surface area contributed by atoms with Gasteiger partial charge in [0.1, 0.15) is 6.61 Å². The molecule has 0 aliphatic rings. The van der Waals surface area contributed by atoms with Gasteiger partial charge in [-0.25, -0.2) is 0 Å². The van der Waals surface area contributed by atoms with Crippen molar-refractivity contribution in [2.75, 3.05) is 26.4 Å². The summed E-state index contributed by atoms with van der Waals surface area (Å²) in [5.74, 6) is -3.42. The zero-order valence-electron chi connectivity index (χ0n) is 54.5. The monoisotopic (exact) mass is 1200 g/mol. The van der Waals surface area contributed by atoms with Crippen molar-refractivity contribution in [3.63, 3.8) is 0 Å². The number of unbranched alkanes of at least 4 members (excludes halogenated alkanes) is 24. The Labute approximate surface area is 523 Å². The molecule has 4 atom stereocenters. The second-order valence-corrected chi connectivity index (χ2v) is 23.7. The van der Waals surface area contributed by atoms with Gasteiger partial charge in [-0.15, -0.1) is 0 Å². The van der Waals surface area contributed by atoms with Gasteiger partial charge in [-0.05, 0) is 89.9 Å². The van der Waals surface area contributed by atoms with Crippen molar-refractivity contribution < 1.29 is 107 Å². The Balaban J connectivity index is -0.000000376.